The normalized spacial score (nSPS) is 20.2. The molecule has 7 atom stereocenters. The smallest absolute Gasteiger partial charge is 0.243 e. The summed E-state index contributed by atoms with van der Waals surface area (Å²) in [5.74, 6) is -8.47. The highest BCUT2D eigenvalue weighted by atomic mass is 16.2. The Kier molecular flexibility index (Phi) is 24.0. The summed E-state index contributed by atoms with van der Waals surface area (Å²) < 4.78 is 0. The molecule has 7 amide bonds. The van der Waals surface area contributed by atoms with Gasteiger partial charge in [-0.2, -0.15) is 0 Å². The number of aromatic amines is 1. The highest BCUT2D eigenvalue weighted by Gasteiger charge is 2.35. The van der Waals surface area contributed by atoms with Gasteiger partial charge in [-0.05, 0) is 68.6 Å². The predicted molar refractivity (Wildman–Crippen MR) is 279 cm³/mol. The Morgan fingerprint density at radius 1 is 0.743 bits per heavy atom. The van der Waals surface area contributed by atoms with Crippen molar-refractivity contribution in [2.45, 2.75) is 134 Å². The molecule has 4 rings (SSSR count). The fourth-order valence-electron chi connectivity index (χ4n) is 8.70. The number of guanidine groups is 2. The number of nitrogens with one attached hydrogen (secondary N) is 7. The third-order valence-electron chi connectivity index (χ3n) is 12.7. The van der Waals surface area contributed by atoms with E-state index in [-0.39, 0.29) is 95.8 Å². The number of primary amides is 1. The molecule has 0 radical (unpaired) electrons. The molecule has 3 aromatic rings. The van der Waals surface area contributed by atoms with Gasteiger partial charge in [-0.25, -0.2) is 0 Å². The zero-order valence-electron chi connectivity index (χ0n) is 42.3. The number of aliphatic imine (C=N–C) groups is 2. The van der Waals surface area contributed by atoms with Crippen LogP contribution in [0.3, 0.4) is 0 Å². The topological polar surface area (TPSA) is 396 Å². The molecular weight excluding hydrogens is 953 g/mol. The van der Waals surface area contributed by atoms with Gasteiger partial charge in [0.2, 0.25) is 41.4 Å². The van der Waals surface area contributed by atoms with Gasteiger partial charge in [-0.15, -0.1) is 0 Å². The fraction of sp³-hybridized carbons (Fsp3) is 0.510. The minimum absolute atomic E-state index is 0.0142. The molecule has 402 valence electrons. The first-order chi connectivity index (χ1) is 35.3. The molecule has 0 unspecified atom stereocenters. The molecule has 23 heteroatoms. The molecule has 74 heavy (non-hydrogen) atoms. The Hall–Kier alpha value is -7.85. The van der Waals surface area contributed by atoms with E-state index in [1.807, 2.05) is 31.2 Å². The summed E-state index contributed by atoms with van der Waals surface area (Å²) in [6.07, 6.45) is 2.18. The minimum atomic E-state index is -1.42. The van der Waals surface area contributed by atoms with Crippen LogP contribution in [0.15, 0.2) is 70.8 Å². The number of Topliss-reactive ketones (excluding diaryl/α,β-unsaturated/α-hetero) is 2. The number of carbonyl (C=O) groups is 9. The van der Waals surface area contributed by atoms with E-state index in [0.29, 0.717) is 24.0 Å². The van der Waals surface area contributed by atoms with Crippen molar-refractivity contribution in [2.75, 3.05) is 19.6 Å². The van der Waals surface area contributed by atoms with Crippen molar-refractivity contribution in [2.24, 2.45) is 50.5 Å². The third-order valence-corrected chi connectivity index (χ3v) is 12.7. The van der Waals surface area contributed by atoms with E-state index < -0.39 is 108 Å². The van der Waals surface area contributed by atoms with Crippen LogP contribution in [0.1, 0.15) is 102 Å². The number of amides is 7. The average molecular weight is 1030 g/mol. The van der Waals surface area contributed by atoms with Crippen LogP contribution in [0.25, 0.3) is 10.9 Å². The third kappa shape index (κ3) is 20.0. The first-order valence-corrected chi connectivity index (χ1v) is 25.1. The number of rotatable bonds is 21. The Balaban J connectivity index is 1.76. The lowest BCUT2D eigenvalue weighted by molar-refractivity contribution is -0.135. The molecule has 0 spiro atoms. The Morgan fingerprint density at radius 2 is 1.41 bits per heavy atom. The van der Waals surface area contributed by atoms with Gasteiger partial charge in [-0.1, -0.05) is 68.3 Å². The quantitative estimate of drug-likeness (QED) is 0.0369. The molecule has 0 saturated carbocycles. The zero-order valence-corrected chi connectivity index (χ0v) is 42.3. The highest BCUT2D eigenvalue weighted by Crippen LogP contribution is 2.24. The molecule has 1 aromatic heterocycles. The van der Waals surface area contributed by atoms with Crippen LogP contribution in [-0.2, 0) is 56.0 Å². The lowest BCUT2D eigenvalue weighted by Crippen LogP contribution is -2.58. The maximum Gasteiger partial charge on any atom is 0.243 e. The predicted octanol–water partition coefficient (Wildman–Crippen LogP) is -0.369. The molecule has 0 bridgehead atoms. The van der Waals surface area contributed by atoms with Crippen molar-refractivity contribution in [3.8, 4) is 0 Å². The maximum atomic E-state index is 14.7. The van der Waals surface area contributed by atoms with E-state index in [4.69, 9.17) is 28.7 Å². The van der Waals surface area contributed by atoms with Crippen LogP contribution >= 0.6 is 0 Å². The number of hydrogen-bond acceptors (Lipinski definition) is 11. The van der Waals surface area contributed by atoms with Crippen molar-refractivity contribution in [1.29, 1.82) is 0 Å². The minimum Gasteiger partial charge on any atom is -0.370 e. The van der Waals surface area contributed by atoms with Gasteiger partial charge in [0.25, 0.3) is 0 Å². The molecule has 1 aliphatic rings. The van der Waals surface area contributed by atoms with E-state index in [9.17, 15) is 43.2 Å². The molecular formula is C51H74N14O9. The second kappa shape index (κ2) is 30.2. The van der Waals surface area contributed by atoms with Gasteiger partial charge >= 0.3 is 0 Å². The van der Waals surface area contributed by atoms with Crippen LogP contribution in [0.5, 0.6) is 0 Å². The maximum absolute atomic E-state index is 14.7. The molecule has 23 nitrogen and oxygen atoms in total. The molecule has 1 fully saturated rings. The van der Waals surface area contributed by atoms with Crippen molar-refractivity contribution < 1.29 is 43.2 Å². The fourth-order valence-corrected chi connectivity index (χ4v) is 8.70. The molecule has 1 aliphatic heterocycles. The van der Waals surface area contributed by atoms with Gasteiger partial charge in [0, 0.05) is 81.2 Å². The monoisotopic (exact) mass is 1030 g/mol. The number of carbonyl (C=O) groups excluding carboxylic acids is 9. The number of benzene rings is 2. The lowest BCUT2D eigenvalue weighted by atomic mass is 9.84. The number of para-hydroxylation sites is 1. The number of H-pyrrole nitrogens is 1. The Bertz CT molecular complexity index is 2470. The number of fused-ring (bicyclic) bond motifs is 1. The lowest BCUT2D eigenvalue weighted by Gasteiger charge is -2.27. The summed E-state index contributed by atoms with van der Waals surface area (Å²) >= 11 is 0. The highest BCUT2D eigenvalue weighted by molar-refractivity contribution is 5.98. The van der Waals surface area contributed by atoms with E-state index in [1.165, 1.54) is 6.92 Å². The van der Waals surface area contributed by atoms with Crippen molar-refractivity contribution in [3.63, 3.8) is 0 Å². The van der Waals surface area contributed by atoms with Crippen molar-refractivity contribution in [3.05, 3.63) is 71.9 Å². The number of ketones is 2. The Morgan fingerprint density at radius 3 is 2.07 bits per heavy atom. The van der Waals surface area contributed by atoms with Crippen molar-refractivity contribution in [1.82, 2.24) is 36.9 Å². The van der Waals surface area contributed by atoms with Gasteiger partial charge in [0.15, 0.2) is 17.7 Å². The molecule has 2 aromatic carbocycles. The van der Waals surface area contributed by atoms with Crippen LogP contribution < -0.4 is 60.6 Å². The zero-order chi connectivity index (χ0) is 54.2. The number of nitrogens with zero attached hydrogens (tertiary/aromatic N) is 2. The van der Waals surface area contributed by atoms with Crippen LogP contribution in [0.2, 0.25) is 0 Å². The average Bonchev–Trinajstić information content (AvgIpc) is 3.76. The number of nitrogens with two attached hydrogens (primary N) is 5. The summed E-state index contributed by atoms with van der Waals surface area (Å²) in [6, 6.07) is 9.99. The number of aromatic nitrogens is 1. The Labute approximate surface area is 430 Å². The first-order valence-electron chi connectivity index (χ1n) is 25.1. The number of unbranched alkanes of at least 4 members (excludes halogenated alkanes) is 1. The standard InChI is InChI=1S/C51H74N14O9/c1-3-4-16-37(61-30(2)66)47(72)63-39-19-20-44(69)57-24-21-33(46(71)65-41(45(52)70)26-34-29-60-36-17-9-8-15-35(34)36)28-42(67)32(14-10-22-58-50(53)54)27-43(68)40(25-31-12-6-5-7-13-31)64-48(73)38(62-49(39)74)18-11-23-59-51(55)56/h5-9,12-13,15,17,29,32-33,37-41,60H,3-4,10-11,14,16,18-28H2,1-2H3,(H2,52,70)(H,57,69)(H,61,66)(H,62,74)(H,63,72)(H,64,73)(H,65,71)(H4,53,54,58)(H4,55,56,59)/t32-,33-,37+,38+,39+,40-,41+/m1/s1. The van der Waals surface area contributed by atoms with Crippen LogP contribution in [-0.4, -0.2) is 120 Å². The van der Waals surface area contributed by atoms with Gasteiger partial charge in [-0.3, -0.25) is 53.1 Å². The van der Waals surface area contributed by atoms with Crippen LogP contribution in [0.4, 0.5) is 0 Å². The molecule has 1 saturated heterocycles. The summed E-state index contributed by atoms with van der Waals surface area (Å²) in [6.45, 7) is 3.20. The molecule has 17 N–H and O–H groups in total. The second-order valence-electron chi connectivity index (χ2n) is 18.6. The van der Waals surface area contributed by atoms with E-state index in [1.54, 1.807) is 36.5 Å². The van der Waals surface area contributed by atoms with Gasteiger partial charge in [0.1, 0.15) is 30.0 Å². The SMILES string of the molecule is CCCC[C@H](NC(C)=O)C(=O)N[C@H]1CCC(=O)NCC[C@@H](C(=O)N[C@@H](Cc2c[nH]c3ccccc23)C(N)=O)CC(=O)[C@H](CCCN=C(N)N)CC(=O)[C@@H](Cc2ccccc2)NC(=O)[C@H](CCCN=C(N)N)NC1=O. The van der Waals surface area contributed by atoms with Gasteiger partial charge in [0.05, 0.1) is 6.04 Å². The van der Waals surface area contributed by atoms with E-state index in [2.05, 4.69) is 46.9 Å². The molecule has 2 heterocycles. The largest absolute Gasteiger partial charge is 0.370 e. The van der Waals surface area contributed by atoms with E-state index >= 15 is 0 Å². The van der Waals surface area contributed by atoms with E-state index in [0.717, 1.165) is 10.9 Å². The molecule has 0 aliphatic carbocycles. The van der Waals surface area contributed by atoms with Crippen LogP contribution in [0, 0.1) is 11.8 Å². The van der Waals surface area contributed by atoms with Gasteiger partial charge < -0.3 is 65.6 Å². The number of hydrogen-bond donors (Lipinski definition) is 12. The summed E-state index contributed by atoms with van der Waals surface area (Å²) in [7, 11) is 0. The summed E-state index contributed by atoms with van der Waals surface area (Å²) in [4.78, 5) is 136. The first kappa shape index (κ1) is 58.7. The summed E-state index contributed by atoms with van der Waals surface area (Å²) in [5, 5.41) is 17.1. The van der Waals surface area contributed by atoms with Crippen molar-refractivity contribution >= 4 is 75.7 Å². The second-order valence-corrected chi connectivity index (χ2v) is 18.6. The summed E-state index contributed by atoms with van der Waals surface area (Å²) in [5.41, 5.74) is 30.3.